The summed E-state index contributed by atoms with van der Waals surface area (Å²) in [7, 11) is 2.07. The van der Waals surface area contributed by atoms with Crippen molar-refractivity contribution in [1.29, 1.82) is 0 Å². The van der Waals surface area contributed by atoms with Crippen LogP contribution in [0.4, 0.5) is 0 Å². The smallest absolute Gasteiger partial charge is 0.258 e. The molecule has 4 heterocycles. The molecular weight excluding hydrogens is 360 g/mol. The van der Waals surface area contributed by atoms with Gasteiger partial charge in [0.25, 0.3) is 5.56 Å². The van der Waals surface area contributed by atoms with E-state index in [1.165, 1.54) is 11.3 Å². The number of likely N-dealkylation sites (N-methyl/N-ethyl adjacent to an activating group) is 1. The van der Waals surface area contributed by atoms with Gasteiger partial charge in [0, 0.05) is 43.0 Å². The van der Waals surface area contributed by atoms with Crippen molar-refractivity contribution in [3.8, 4) is 0 Å². The van der Waals surface area contributed by atoms with Gasteiger partial charge in [0.15, 0.2) is 10.8 Å². The molecule has 1 saturated heterocycles. The highest BCUT2D eigenvalue weighted by Gasteiger charge is 2.25. The summed E-state index contributed by atoms with van der Waals surface area (Å²) in [6, 6.07) is 1.73. The second-order valence-electron chi connectivity index (χ2n) is 5.88. The summed E-state index contributed by atoms with van der Waals surface area (Å²) in [5, 5.41) is 9.32. The van der Waals surface area contributed by atoms with Crippen molar-refractivity contribution in [3.05, 3.63) is 45.4 Å². The molecule has 132 valence electrons. The molecule has 1 atom stereocenters. The summed E-state index contributed by atoms with van der Waals surface area (Å²) in [6.07, 6.45) is 1.74. The lowest BCUT2D eigenvalue weighted by Gasteiger charge is -2.30. The highest BCUT2D eigenvalue weighted by molar-refractivity contribution is 7.97. The van der Waals surface area contributed by atoms with Crippen LogP contribution in [-0.4, -0.2) is 51.1 Å². The molecule has 1 aliphatic rings. The van der Waals surface area contributed by atoms with Gasteiger partial charge in [-0.15, -0.1) is 23.1 Å². The Morgan fingerprint density at radius 2 is 2.36 bits per heavy atom. The fourth-order valence-electron chi connectivity index (χ4n) is 2.76. The molecular formula is C15H18N6O2S2. The van der Waals surface area contributed by atoms with E-state index < -0.39 is 0 Å². The van der Waals surface area contributed by atoms with E-state index in [2.05, 4.69) is 32.4 Å². The third kappa shape index (κ3) is 3.61. The molecule has 4 rings (SSSR count). The highest BCUT2D eigenvalue weighted by atomic mass is 32.2. The van der Waals surface area contributed by atoms with Crippen molar-refractivity contribution >= 4 is 28.1 Å². The number of thioether (sulfide) groups is 1. The third-order valence-corrected chi connectivity index (χ3v) is 5.83. The van der Waals surface area contributed by atoms with Gasteiger partial charge in [0.1, 0.15) is 0 Å². The zero-order valence-corrected chi connectivity index (χ0v) is 15.3. The van der Waals surface area contributed by atoms with E-state index in [0.717, 1.165) is 36.1 Å². The SMILES string of the molecule is CN1CCNCC1c1noc(CSCc2cc(=O)n3ccsc3n2)n1. The van der Waals surface area contributed by atoms with Crippen molar-refractivity contribution in [2.75, 3.05) is 26.7 Å². The van der Waals surface area contributed by atoms with Gasteiger partial charge in [0.2, 0.25) is 5.89 Å². The van der Waals surface area contributed by atoms with E-state index in [0.29, 0.717) is 17.4 Å². The van der Waals surface area contributed by atoms with Crippen molar-refractivity contribution in [3.63, 3.8) is 0 Å². The molecule has 25 heavy (non-hydrogen) atoms. The normalized spacial score (nSPS) is 18.8. The van der Waals surface area contributed by atoms with Crippen molar-refractivity contribution in [1.82, 2.24) is 29.7 Å². The van der Waals surface area contributed by atoms with Crippen LogP contribution in [0.5, 0.6) is 0 Å². The van der Waals surface area contributed by atoms with Crippen LogP contribution in [0, 0.1) is 0 Å². The molecule has 1 N–H and O–H groups in total. The maximum Gasteiger partial charge on any atom is 0.258 e. The van der Waals surface area contributed by atoms with Crippen molar-refractivity contribution < 1.29 is 4.52 Å². The summed E-state index contributed by atoms with van der Waals surface area (Å²) in [4.78, 5) is 23.9. The Hall–Kier alpha value is -1.75. The van der Waals surface area contributed by atoms with Gasteiger partial charge in [0.05, 0.1) is 17.5 Å². The van der Waals surface area contributed by atoms with E-state index in [1.54, 1.807) is 28.4 Å². The van der Waals surface area contributed by atoms with Gasteiger partial charge in [-0.25, -0.2) is 4.98 Å². The van der Waals surface area contributed by atoms with Crippen LogP contribution in [0.15, 0.2) is 27.0 Å². The number of aromatic nitrogens is 4. The van der Waals surface area contributed by atoms with Gasteiger partial charge in [-0.2, -0.15) is 4.98 Å². The lowest BCUT2D eigenvalue weighted by molar-refractivity contribution is 0.190. The number of hydrogen-bond donors (Lipinski definition) is 1. The van der Waals surface area contributed by atoms with Gasteiger partial charge in [-0.3, -0.25) is 14.1 Å². The van der Waals surface area contributed by atoms with Crippen LogP contribution in [0.2, 0.25) is 0 Å². The fourth-order valence-corrected chi connectivity index (χ4v) is 4.25. The first-order valence-corrected chi connectivity index (χ1v) is 10.0. The molecule has 0 aliphatic carbocycles. The van der Waals surface area contributed by atoms with E-state index in [-0.39, 0.29) is 11.6 Å². The maximum atomic E-state index is 12.0. The molecule has 1 aliphatic heterocycles. The minimum atomic E-state index is -0.0465. The average Bonchev–Trinajstić information content (AvgIpc) is 3.25. The molecule has 3 aromatic heterocycles. The van der Waals surface area contributed by atoms with Crippen LogP contribution in [0.25, 0.3) is 4.96 Å². The van der Waals surface area contributed by atoms with Crippen LogP contribution >= 0.6 is 23.1 Å². The summed E-state index contributed by atoms with van der Waals surface area (Å²) in [5.41, 5.74) is 0.725. The number of thiazole rings is 1. The fraction of sp³-hybridized carbons (Fsp3) is 0.467. The lowest BCUT2D eigenvalue weighted by Crippen LogP contribution is -2.44. The second-order valence-corrected chi connectivity index (χ2v) is 7.74. The van der Waals surface area contributed by atoms with E-state index in [9.17, 15) is 4.79 Å². The van der Waals surface area contributed by atoms with E-state index in [1.807, 2.05) is 5.38 Å². The summed E-state index contributed by atoms with van der Waals surface area (Å²) in [5.74, 6) is 2.56. The second kappa shape index (κ2) is 7.24. The first-order valence-electron chi connectivity index (χ1n) is 7.97. The maximum absolute atomic E-state index is 12.0. The molecule has 0 saturated carbocycles. The lowest BCUT2D eigenvalue weighted by atomic mass is 10.2. The Bertz CT molecular complexity index is 920. The molecule has 0 amide bonds. The standard InChI is InChI=1S/C15H18N6O2S2/c1-20-3-2-16-7-11(20)14-18-12(23-19-14)9-24-8-10-6-13(22)21-4-5-25-15(21)17-10/h4-6,11,16H,2-3,7-9H2,1H3. The topological polar surface area (TPSA) is 88.6 Å². The number of fused-ring (bicyclic) bond motifs is 1. The van der Waals surface area contributed by atoms with Crippen LogP contribution < -0.4 is 10.9 Å². The zero-order valence-electron chi connectivity index (χ0n) is 13.7. The van der Waals surface area contributed by atoms with Gasteiger partial charge < -0.3 is 9.84 Å². The molecule has 0 spiro atoms. The minimum Gasteiger partial charge on any atom is -0.338 e. The van der Waals surface area contributed by atoms with Gasteiger partial charge in [-0.1, -0.05) is 5.16 Å². The Morgan fingerprint density at radius 3 is 3.24 bits per heavy atom. The molecule has 1 unspecified atom stereocenters. The Kier molecular flexibility index (Phi) is 4.84. The summed E-state index contributed by atoms with van der Waals surface area (Å²) in [6.45, 7) is 2.78. The van der Waals surface area contributed by atoms with E-state index in [4.69, 9.17) is 4.52 Å². The van der Waals surface area contributed by atoms with Crippen molar-refractivity contribution in [2.24, 2.45) is 0 Å². The minimum absolute atomic E-state index is 0.0465. The van der Waals surface area contributed by atoms with Gasteiger partial charge >= 0.3 is 0 Å². The molecule has 0 bridgehead atoms. The van der Waals surface area contributed by atoms with Crippen LogP contribution in [-0.2, 0) is 11.5 Å². The summed E-state index contributed by atoms with van der Waals surface area (Å²) >= 11 is 3.06. The molecule has 8 nitrogen and oxygen atoms in total. The predicted octanol–water partition coefficient (Wildman–Crippen LogP) is 1.15. The quantitative estimate of drug-likeness (QED) is 0.707. The number of piperazine rings is 1. The first kappa shape index (κ1) is 16.7. The first-order chi connectivity index (χ1) is 12.2. The Balaban J connectivity index is 1.37. The third-order valence-electron chi connectivity index (χ3n) is 4.12. The molecule has 3 aromatic rings. The van der Waals surface area contributed by atoms with Gasteiger partial charge in [-0.05, 0) is 7.05 Å². The number of hydrogen-bond acceptors (Lipinski definition) is 9. The highest BCUT2D eigenvalue weighted by Crippen LogP contribution is 2.20. The average molecular weight is 378 g/mol. The van der Waals surface area contributed by atoms with Crippen LogP contribution in [0.1, 0.15) is 23.5 Å². The molecule has 0 aromatic carbocycles. The molecule has 0 radical (unpaired) electrons. The molecule has 1 fully saturated rings. The monoisotopic (exact) mass is 378 g/mol. The largest absolute Gasteiger partial charge is 0.338 e. The number of rotatable bonds is 5. The van der Waals surface area contributed by atoms with Crippen molar-refractivity contribution in [2.45, 2.75) is 17.5 Å². The predicted molar refractivity (Wildman–Crippen MR) is 96.9 cm³/mol. The van der Waals surface area contributed by atoms with Crippen LogP contribution in [0.3, 0.4) is 0 Å². The number of nitrogens with zero attached hydrogens (tertiary/aromatic N) is 5. The Morgan fingerprint density at radius 1 is 1.44 bits per heavy atom. The zero-order chi connectivity index (χ0) is 17.2. The Labute approximate surface area is 152 Å². The van der Waals surface area contributed by atoms with E-state index >= 15 is 0 Å². The summed E-state index contributed by atoms with van der Waals surface area (Å²) < 4.78 is 6.92. The number of nitrogens with one attached hydrogen (secondary N) is 1. The molecule has 10 heteroatoms.